The van der Waals surface area contributed by atoms with E-state index in [2.05, 4.69) is 32.8 Å². The van der Waals surface area contributed by atoms with Crippen LogP contribution in [0.2, 0.25) is 0 Å². The smallest absolute Gasteiger partial charge is 0.267 e. The number of hydrogen-bond acceptors (Lipinski definition) is 6. The van der Waals surface area contributed by atoms with Crippen LogP contribution < -0.4 is 16.4 Å². The van der Waals surface area contributed by atoms with Gasteiger partial charge in [-0.15, -0.1) is 0 Å². The lowest BCUT2D eigenvalue weighted by Gasteiger charge is -2.12. The lowest BCUT2D eigenvalue weighted by molar-refractivity contribution is 0.0841. The van der Waals surface area contributed by atoms with E-state index in [1.54, 1.807) is 42.5 Å². The summed E-state index contributed by atoms with van der Waals surface area (Å²) in [6, 6.07) is 13.9. The first-order chi connectivity index (χ1) is 15.6. The molecule has 0 bridgehead atoms. The Hall–Kier alpha value is -4.14. The molecule has 0 fully saturated rings. The van der Waals surface area contributed by atoms with Crippen LogP contribution in [-0.2, 0) is 6.54 Å². The second-order valence-corrected chi connectivity index (χ2v) is 7.28. The maximum atomic E-state index is 12.9. The lowest BCUT2D eigenvalue weighted by Crippen LogP contribution is -2.43. The van der Waals surface area contributed by atoms with E-state index in [-0.39, 0.29) is 16.9 Å². The fourth-order valence-electron chi connectivity index (χ4n) is 3.37. The molecule has 0 aliphatic carbocycles. The molecular weight excluding hydrogens is 408 g/mol. The Balaban J connectivity index is 1.56. The van der Waals surface area contributed by atoms with Gasteiger partial charge in [-0.25, -0.2) is 9.67 Å². The fraction of sp³-hybridized carbons (Fsp3) is 0.217. The maximum absolute atomic E-state index is 12.9. The van der Waals surface area contributed by atoms with Crippen LogP contribution in [0, 0.1) is 0 Å². The van der Waals surface area contributed by atoms with Crippen molar-refractivity contribution < 1.29 is 9.59 Å². The fourth-order valence-corrected chi connectivity index (χ4v) is 3.37. The van der Waals surface area contributed by atoms with Gasteiger partial charge < -0.3 is 0 Å². The van der Waals surface area contributed by atoms with Crippen molar-refractivity contribution >= 4 is 33.6 Å². The van der Waals surface area contributed by atoms with Gasteiger partial charge in [-0.3, -0.25) is 30.2 Å². The first kappa shape index (κ1) is 21.1. The highest BCUT2D eigenvalue weighted by Gasteiger charge is 2.18. The largest absolute Gasteiger partial charge is 0.290 e. The highest BCUT2D eigenvalue weighted by atomic mass is 16.2. The van der Waals surface area contributed by atoms with E-state index in [4.69, 9.17) is 0 Å². The zero-order chi connectivity index (χ0) is 22.5. The number of hydrazine groups is 1. The molecule has 0 aliphatic rings. The van der Waals surface area contributed by atoms with Gasteiger partial charge in [0.05, 0.1) is 22.6 Å². The molecular formula is C23H22N6O3. The summed E-state index contributed by atoms with van der Waals surface area (Å²) >= 11 is 0. The van der Waals surface area contributed by atoms with Crippen LogP contribution in [0.1, 0.15) is 47.2 Å². The third-order valence-corrected chi connectivity index (χ3v) is 5.03. The predicted octanol–water partition coefficient (Wildman–Crippen LogP) is 2.60. The summed E-state index contributed by atoms with van der Waals surface area (Å²) in [6.07, 6.45) is 4.07. The summed E-state index contributed by atoms with van der Waals surface area (Å²) in [4.78, 5) is 46.5. The van der Waals surface area contributed by atoms with Crippen molar-refractivity contribution in [2.75, 3.05) is 0 Å². The Morgan fingerprint density at radius 1 is 0.906 bits per heavy atom. The first-order valence-corrected chi connectivity index (χ1v) is 10.4. The number of nitrogens with zero attached hydrogens (tertiary/aromatic N) is 4. The third kappa shape index (κ3) is 4.31. The monoisotopic (exact) mass is 430 g/mol. The normalized spacial score (nSPS) is 10.9. The van der Waals surface area contributed by atoms with Gasteiger partial charge in [0.2, 0.25) is 0 Å². The predicted molar refractivity (Wildman–Crippen MR) is 120 cm³/mol. The number of fused-ring (bicyclic) bond motifs is 2. The number of benzene rings is 2. The van der Waals surface area contributed by atoms with Gasteiger partial charge >= 0.3 is 0 Å². The van der Waals surface area contributed by atoms with Crippen molar-refractivity contribution in [3.05, 3.63) is 76.5 Å². The molecule has 9 nitrogen and oxygen atoms in total. The minimum Gasteiger partial charge on any atom is -0.267 e. The number of amides is 2. The number of carbonyl (C=O) groups is 2. The number of unbranched alkanes of at least 4 members (excludes halogenated alkanes) is 2. The van der Waals surface area contributed by atoms with Crippen LogP contribution in [0.15, 0.2) is 59.5 Å². The minimum atomic E-state index is -0.632. The van der Waals surface area contributed by atoms with E-state index < -0.39 is 11.8 Å². The summed E-state index contributed by atoms with van der Waals surface area (Å²) < 4.78 is 1.31. The van der Waals surface area contributed by atoms with E-state index in [1.165, 1.54) is 10.9 Å². The van der Waals surface area contributed by atoms with Crippen LogP contribution >= 0.6 is 0 Å². The second kappa shape index (κ2) is 9.34. The van der Waals surface area contributed by atoms with Crippen molar-refractivity contribution in [2.45, 2.75) is 32.7 Å². The molecule has 162 valence electrons. The van der Waals surface area contributed by atoms with Crippen LogP contribution in [0.3, 0.4) is 0 Å². The summed E-state index contributed by atoms with van der Waals surface area (Å²) in [7, 11) is 0. The molecule has 2 aromatic heterocycles. The summed E-state index contributed by atoms with van der Waals surface area (Å²) in [5.41, 5.74) is 5.81. The van der Waals surface area contributed by atoms with Gasteiger partial charge in [0, 0.05) is 11.9 Å². The maximum Gasteiger partial charge on any atom is 0.290 e. The first-order valence-electron chi connectivity index (χ1n) is 10.4. The van der Waals surface area contributed by atoms with E-state index in [9.17, 15) is 14.4 Å². The van der Waals surface area contributed by atoms with Crippen molar-refractivity contribution in [1.82, 2.24) is 30.6 Å². The number of nitrogens with one attached hydrogen (secondary N) is 2. The molecule has 2 aromatic carbocycles. The number of aromatic nitrogens is 4. The molecule has 0 spiro atoms. The van der Waals surface area contributed by atoms with Gasteiger partial charge in [-0.2, -0.15) is 5.10 Å². The Morgan fingerprint density at radius 2 is 1.59 bits per heavy atom. The Kier molecular flexibility index (Phi) is 6.16. The average Bonchev–Trinajstić information content (AvgIpc) is 2.83. The van der Waals surface area contributed by atoms with E-state index in [1.807, 2.05) is 6.07 Å². The molecule has 2 N–H and O–H groups in total. The second-order valence-electron chi connectivity index (χ2n) is 7.28. The lowest BCUT2D eigenvalue weighted by atomic mass is 10.1. The molecule has 0 unspecified atom stereocenters. The number of hydrogen-bond donors (Lipinski definition) is 2. The highest BCUT2D eigenvalue weighted by molar-refractivity contribution is 6.05. The molecule has 0 saturated carbocycles. The summed E-state index contributed by atoms with van der Waals surface area (Å²) in [5, 5.41) is 5.09. The van der Waals surface area contributed by atoms with Crippen molar-refractivity contribution in [2.24, 2.45) is 0 Å². The molecule has 0 radical (unpaired) electrons. The van der Waals surface area contributed by atoms with Gasteiger partial charge in [0.1, 0.15) is 5.69 Å². The molecule has 9 heteroatoms. The third-order valence-electron chi connectivity index (χ3n) is 5.03. The zero-order valence-corrected chi connectivity index (χ0v) is 17.5. The quantitative estimate of drug-likeness (QED) is 0.359. The van der Waals surface area contributed by atoms with Gasteiger partial charge in [0.15, 0.2) is 5.69 Å². The molecule has 0 aliphatic heterocycles. The van der Waals surface area contributed by atoms with Crippen LogP contribution in [0.25, 0.3) is 21.8 Å². The van der Waals surface area contributed by atoms with Gasteiger partial charge in [-0.1, -0.05) is 50.1 Å². The number of carbonyl (C=O) groups excluding carboxylic acids is 2. The molecule has 2 amide bonds. The topological polar surface area (TPSA) is 119 Å². The highest BCUT2D eigenvalue weighted by Crippen LogP contribution is 2.13. The standard InChI is InChI=1S/C23H22N6O3/c1-2-3-8-13-29-23(32)16-10-5-4-9-15(16)20(28-29)22(31)27-26-21(30)19-14-24-17-11-6-7-12-18(17)25-19/h4-7,9-12,14H,2-3,8,13H2,1H3,(H,26,30)(H,27,31). The molecule has 0 saturated heterocycles. The summed E-state index contributed by atoms with van der Waals surface area (Å²) in [6.45, 7) is 2.48. The molecule has 4 rings (SSSR count). The molecule has 0 atom stereocenters. The molecule has 32 heavy (non-hydrogen) atoms. The van der Waals surface area contributed by atoms with Crippen LogP contribution in [0.5, 0.6) is 0 Å². The SMILES string of the molecule is CCCCCn1nc(C(=O)NNC(=O)c2cnc3ccccc3n2)c2ccccc2c1=O. The number of rotatable bonds is 6. The Morgan fingerprint density at radius 3 is 2.38 bits per heavy atom. The van der Waals surface area contributed by atoms with Gasteiger partial charge in [0.25, 0.3) is 17.4 Å². The van der Waals surface area contributed by atoms with Gasteiger partial charge in [-0.05, 0) is 24.6 Å². The molecule has 2 heterocycles. The van der Waals surface area contributed by atoms with Crippen LogP contribution in [0.4, 0.5) is 0 Å². The van der Waals surface area contributed by atoms with Crippen molar-refractivity contribution in [3.8, 4) is 0 Å². The zero-order valence-electron chi connectivity index (χ0n) is 17.5. The van der Waals surface area contributed by atoms with Crippen molar-refractivity contribution in [3.63, 3.8) is 0 Å². The van der Waals surface area contributed by atoms with Crippen molar-refractivity contribution in [1.29, 1.82) is 0 Å². The molecule has 4 aromatic rings. The minimum absolute atomic E-state index is 0.0570. The van der Waals surface area contributed by atoms with E-state index in [0.717, 1.165) is 19.3 Å². The Labute approximate surface area is 183 Å². The Bertz CT molecular complexity index is 1360. The van der Waals surface area contributed by atoms with E-state index in [0.29, 0.717) is 28.4 Å². The summed E-state index contributed by atoms with van der Waals surface area (Å²) in [5.74, 6) is -1.25. The van der Waals surface area contributed by atoms with Crippen LogP contribution in [-0.4, -0.2) is 31.6 Å². The number of aryl methyl sites for hydroxylation is 1. The number of para-hydroxylation sites is 2. The van der Waals surface area contributed by atoms with E-state index >= 15 is 0 Å². The average molecular weight is 430 g/mol.